The van der Waals surface area contributed by atoms with E-state index in [2.05, 4.69) is 0 Å². The molecule has 2 fully saturated rings. The van der Waals surface area contributed by atoms with Crippen molar-refractivity contribution in [3.05, 3.63) is 0 Å². The van der Waals surface area contributed by atoms with E-state index in [-0.39, 0.29) is 35.6 Å². The number of hydrogen-bond acceptors (Lipinski definition) is 6. The average Bonchev–Trinajstić information content (AvgIpc) is 2.72. The third kappa shape index (κ3) is 8.77. The quantitative estimate of drug-likeness (QED) is 0.322. The molecule has 2 atom stereocenters. The summed E-state index contributed by atoms with van der Waals surface area (Å²) >= 11 is -0.597. The van der Waals surface area contributed by atoms with Gasteiger partial charge in [-0.2, -0.15) is 0 Å². The van der Waals surface area contributed by atoms with E-state index in [0.717, 1.165) is 38.8 Å². The van der Waals surface area contributed by atoms with Crippen LogP contribution in [0.4, 0.5) is 0 Å². The van der Waals surface area contributed by atoms with Crippen LogP contribution in [0.1, 0.15) is 64.2 Å². The summed E-state index contributed by atoms with van der Waals surface area (Å²) in [7, 11) is 0. The van der Waals surface area contributed by atoms with Crippen molar-refractivity contribution in [1.82, 2.24) is 9.80 Å². The number of carbonyl (C=O) groups excluding carboxylic acids is 2. The first-order chi connectivity index (χ1) is 14.4. The normalized spacial score (nSPS) is 23.2. The van der Waals surface area contributed by atoms with Crippen LogP contribution in [0.3, 0.4) is 0 Å². The molecule has 0 aliphatic carbocycles. The first kappa shape index (κ1) is 25.5. The first-order valence-corrected chi connectivity index (χ1v) is 16.8. The number of nitrogens with zero attached hydrogens (tertiary/aromatic N) is 2. The Bertz CT molecular complexity index is 566. The zero-order chi connectivity index (χ0) is 21.9. The molecule has 0 bridgehead atoms. The molecule has 30 heavy (non-hydrogen) atoms. The number of hydrogen-bond donors (Lipinski definition) is 2. The van der Waals surface area contributed by atoms with Crippen LogP contribution in [0, 0.1) is 0 Å². The zero-order valence-electron chi connectivity index (χ0n) is 17.3. The summed E-state index contributed by atoms with van der Waals surface area (Å²) in [5.41, 5.74) is 0. The van der Waals surface area contributed by atoms with Crippen LogP contribution in [0.2, 0.25) is 0 Å². The van der Waals surface area contributed by atoms with Crippen molar-refractivity contribution in [2.24, 2.45) is 0 Å². The summed E-state index contributed by atoms with van der Waals surface area (Å²) in [4.78, 5) is 50.8. The molecule has 2 aliphatic rings. The molecule has 2 N–H and O–H groups in total. The maximum absolute atomic E-state index is 12.1. The van der Waals surface area contributed by atoms with Crippen molar-refractivity contribution in [2.45, 2.75) is 76.3 Å². The molecular formula is C20H32N2O6Se2. The molecule has 2 unspecified atom stereocenters. The molecule has 0 aromatic rings. The van der Waals surface area contributed by atoms with Gasteiger partial charge in [0.1, 0.15) is 0 Å². The van der Waals surface area contributed by atoms with Gasteiger partial charge >= 0.3 is 189 Å². The summed E-state index contributed by atoms with van der Waals surface area (Å²) in [6.45, 7) is 2.80. The van der Waals surface area contributed by atoms with Gasteiger partial charge in [0.2, 0.25) is 0 Å². The van der Waals surface area contributed by atoms with Crippen LogP contribution in [0.15, 0.2) is 0 Å². The van der Waals surface area contributed by atoms with Gasteiger partial charge in [0.25, 0.3) is 0 Å². The molecule has 0 radical (unpaired) electrons. The predicted molar refractivity (Wildman–Crippen MR) is 114 cm³/mol. The number of piperidine rings is 2. The minimum atomic E-state index is -0.779. The molecule has 0 spiro atoms. The van der Waals surface area contributed by atoms with Crippen molar-refractivity contribution >= 4 is 47.6 Å². The van der Waals surface area contributed by atoms with Gasteiger partial charge in [0.15, 0.2) is 0 Å². The van der Waals surface area contributed by atoms with Gasteiger partial charge in [0.05, 0.1) is 0 Å². The Kier molecular flexibility index (Phi) is 11.6. The fourth-order valence-corrected chi connectivity index (χ4v) is 9.29. The van der Waals surface area contributed by atoms with E-state index < -0.39 is 24.0 Å². The van der Waals surface area contributed by atoms with E-state index in [0.29, 0.717) is 51.6 Å². The summed E-state index contributed by atoms with van der Waals surface area (Å²) in [6, 6.07) is -0.850. The Morgan fingerprint density at radius 3 is 1.47 bits per heavy atom. The van der Waals surface area contributed by atoms with Crippen LogP contribution in [0.25, 0.3) is 0 Å². The van der Waals surface area contributed by atoms with Crippen molar-refractivity contribution in [3.8, 4) is 0 Å². The molecule has 0 amide bonds. The summed E-state index contributed by atoms with van der Waals surface area (Å²) in [5.74, 6) is -1.56. The summed E-state index contributed by atoms with van der Waals surface area (Å²) in [5, 5.41) is 18.6. The second-order valence-corrected chi connectivity index (χ2v) is 14.1. The third-order valence-corrected chi connectivity index (χ3v) is 12.5. The van der Waals surface area contributed by atoms with Crippen LogP contribution in [0.5, 0.6) is 0 Å². The van der Waals surface area contributed by atoms with Crippen LogP contribution >= 0.6 is 0 Å². The van der Waals surface area contributed by atoms with Crippen molar-refractivity contribution in [1.29, 1.82) is 0 Å². The van der Waals surface area contributed by atoms with Gasteiger partial charge in [-0.05, 0) is 0 Å². The molecule has 0 saturated carbocycles. The summed E-state index contributed by atoms with van der Waals surface area (Å²) < 4.78 is 0.281. The molecule has 0 aromatic carbocycles. The summed E-state index contributed by atoms with van der Waals surface area (Å²) in [6.07, 6.45) is 7.39. The van der Waals surface area contributed by atoms with Crippen molar-refractivity contribution in [2.75, 3.05) is 26.2 Å². The monoisotopic (exact) mass is 556 g/mol. The number of likely N-dealkylation sites (tertiary alicyclic amines) is 2. The van der Waals surface area contributed by atoms with Crippen LogP contribution < -0.4 is 0 Å². The minimum absolute atomic E-state index is 0.140. The van der Waals surface area contributed by atoms with Crippen molar-refractivity contribution in [3.63, 3.8) is 0 Å². The van der Waals surface area contributed by atoms with E-state index in [9.17, 15) is 29.4 Å². The molecular weight excluding hydrogens is 522 g/mol. The van der Waals surface area contributed by atoms with E-state index in [4.69, 9.17) is 0 Å². The molecule has 2 aliphatic heterocycles. The van der Waals surface area contributed by atoms with Crippen molar-refractivity contribution < 1.29 is 29.4 Å². The molecule has 2 rings (SSSR count). The predicted octanol–water partition coefficient (Wildman–Crippen LogP) is 0.802. The molecule has 170 valence electrons. The standard InChI is InChI=1S/C20H32N2O6Se2/c23-17(9-5-13-21-11-3-1-7-15(21)19(25)26)29-30-18(24)10-6-14-22-12-4-2-8-16(22)20(27)28/h15-16H,1-14H2,(H,25,26)(H,27,28). The Labute approximate surface area is 189 Å². The molecule has 2 heterocycles. The Morgan fingerprint density at radius 1 is 0.700 bits per heavy atom. The first-order valence-electron chi connectivity index (χ1n) is 10.7. The fourth-order valence-electron chi connectivity index (χ4n) is 4.11. The number of carboxylic acids is 2. The second-order valence-electron chi connectivity index (χ2n) is 7.89. The Balaban J connectivity index is 1.57. The van der Waals surface area contributed by atoms with Gasteiger partial charge in [-0.15, -0.1) is 0 Å². The van der Waals surface area contributed by atoms with Gasteiger partial charge in [0, 0.05) is 0 Å². The van der Waals surface area contributed by atoms with E-state index in [1.807, 2.05) is 9.80 Å². The Hall–Kier alpha value is -0.761. The van der Waals surface area contributed by atoms with E-state index in [1.165, 1.54) is 0 Å². The number of carbonyl (C=O) groups is 4. The van der Waals surface area contributed by atoms with E-state index in [1.54, 1.807) is 0 Å². The molecule has 0 aromatic heterocycles. The Morgan fingerprint density at radius 2 is 1.10 bits per heavy atom. The van der Waals surface area contributed by atoms with Gasteiger partial charge < -0.3 is 0 Å². The molecule has 8 nitrogen and oxygen atoms in total. The molecule has 2 saturated heterocycles. The zero-order valence-corrected chi connectivity index (χ0v) is 20.7. The second kappa shape index (κ2) is 13.6. The number of carboxylic acid groups (broad SMARTS) is 2. The van der Waals surface area contributed by atoms with Crippen LogP contribution in [-0.2, 0) is 19.2 Å². The SMILES string of the molecule is O=C(CCCN1CCCCC1C(=O)O)[Se][Se]C(=O)CCCN1CCCCC1C(=O)O. The molecule has 10 heteroatoms. The fraction of sp³-hybridized carbons (Fsp3) is 0.800. The van der Waals surface area contributed by atoms with Gasteiger partial charge in [-0.3, -0.25) is 0 Å². The van der Waals surface area contributed by atoms with Gasteiger partial charge in [-0.25, -0.2) is 0 Å². The third-order valence-electron chi connectivity index (χ3n) is 5.68. The average molecular weight is 554 g/mol. The number of rotatable bonds is 13. The van der Waals surface area contributed by atoms with E-state index >= 15 is 0 Å². The van der Waals surface area contributed by atoms with Gasteiger partial charge in [-0.1, -0.05) is 0 Å². The maximum atomic E-state index is 12.1. The van der Waals surface area contributed by atoms with Crippen LogP contribution in [-0.4, -0.2) is 106 Å². The topological polar surface area (TPSA) is 115 Å². The number of aliphatic carboxylic acids is 2.